The van der Waals surface area contributed by atoms with E-state index in [4.69, 9.17) is 28.0 Å². The van der Waals surface area contributed by atoms with Crippen LogP contribution in [-0.2, 0) is 32.6 Å². The Morgan fingerprint density at radius 2 is 1.20 bits per heavy atom. The van der Waals surface area contributed by atoms with Crippen LogP contribution in [0.4, 0.5) is 0 Å². The van der Waals surface area contributed by atoms with Gasteiger partial charge in [-0.3, -0.25) is 4.57 Å². The average molecular weight is 585 g/mol. The highest BCUT2D eigenvalue weighted by molar-refractivity contribution is 7.53. The Morgan fingerprint density at radius 3 is 1.66 bits per heavy atom. The fourth-order valence-corrected chi connectivity index (χ4v) is 5.44. The summed E-state index contributed by atoms with van der Waals surface area (Å²) in [5.74, 6) is -4.97. The normalized spacial score (nSPS) is 22.1. The van der Waals surface area contributed by atoms with Gasteiger partial charge in [0.05, 0.1) is 16.7 Å². The number of aliphatic hydroxyl groups is 1. The average Bonchev–Trinajstić information content (AvgIpc) is 3.26. The third-order valence-electron chi connectivity index (χ3n) is 6.33. The maximum Gasteiger partial charge on any atom is 0.338 e. The second-order valence-corrected chi connectivity index (χ2v) is 11.3. The minimum Gasteiger partial charge on any atom is -0.459 e. The number of hydrogen-bond acceptors (Lipinski definition) is 11. The first kappa shape index (κ1) is 30.1. The lowest BCUT2D eigenvalue weighted by Gasteiger charge is -2.31. The molecule has 12 heteroatoms. The fourth-order valence-electron chi connectivity index (χ4n) is 4.22. The summed E-state index contributed by atoms with van der Waals surface area (Å²) in [5, 5.41) is 11.7. The quantitative estimate of drug-likeness (QED) is 0.199. The van der Waals surface area contributed by atoms with Crippen LogP contribution in [0, 0.1) is 0 Å². The molecular weight excluding hydrogens is 555 g/mol. The van der Waals surface area contributed by atoms with Crippen molar-refractivity contribution in [3.8, 4) is 0 Å². The van der Waals surface area contributed by atoms with Gasteiger partial charge >= 0.3 is 25.5 Å². The van der Waals surface area contributed by atoms with Crippen molar-refractivity contribution < 1.29 is 52.1 Å². The molecule has 1 unspecified atom stereocenters. The molecule has 3 aromatic rings. The van der Waals surface area contributed by atoms with Gasteiger partial charge in [-0.15, -0.1) is 0 Å². The molecular formula is C29H29O11P. The SMILES string of the molecule is COP(=O)(C[C@@]1(O)O[C@H](COC(=O)c2ccccc2)[C@@H](OC(=O)c2ccccc2)C1OC(=O)c1ccccc1)OC. The topological polar surface area (TPSA) is 144 Å². The second-order valence-electron chi connectivity index (χ2n) is 9.03. The van der Waals surface area contributed by atoms with Crippen molar-refractivity contribution in [1.29, 1.82) is 0 Å². The summed E-state index contributed by atoms with van der Waals surface area (Å²) in [4.78, 5) is 38.9. The van der Waals surface area contributed by atoms with Crippen molar-refractivity contribution in [3.05, 3.63) is 108 Å². The maximum absolute atomic E-state index is 13.1. The highest BCUT2D eigenvalue weighted by atomic mass is 31.2. The number of benzene rings is 3. The van der Waals surface area contributed by atoms with Crippen LogP contribution in [0.25, 0.3) is 0 Å². The first-order valence-corrected chi connectivity index (χ1v) is 14.3. The van der Waals surface area contributed by atoms with Crippen LogP contribution in [0.2, 0.25) is 0 Å². The molecule has 11 nitrogen and oxygen atoms in total. The molecule has 0 bridgehead atoms. The van der Waals surface area contributed by atoms with Crippen LogP contribution in [0.15, 0.2) is 91.0 Å². The van der Waals surface area contributed by atoms with Crippen molar-refractivity contribution in [2.45, 2.75) is 24.1 Å². The zero-order chi connectivity index (χ0) is 29.5. The lowest BCUT2D eigenvalue weighted by atomic mass is 10.1. The van der Waals surface area contributed by atoms with E-state index in [9.17, 15) is 24.1 Å². The summed E-state index contributed by atoms with van der Waals surface area (Å²) in [6.07, 6.45) is -5.40. The monoisotopic (exact) mass is 584 g/mol. The molecule has 0 saturated carbocycles. The molecule has 1 aliphatic rings. The highest BCUT2D eigenvalue weighted by Gasteiger charge is 2.61. The highest BCUT2D eigenvalue weighted by Crippen LogP contribution is 2.52. The van der Waals surface area contributed by atoms with Gasteiger partial charge in [-0.25, -0.2) is 14.4 Å². The number of carbonyl (C=O) groups excluding carboxylic acids is 3. The third kappa shape index (κ3) is 7.27. The number of hydrogen-bond donors (Lipinski definition) is 1. The molecule has 0 amide bonds. The second kappa shape index (κ2) is 13.2. The van der Waals surface area contributed by atoms with Gasteiger partial charge in [-0.05, 0) is 36.4 Å². The van der Waals surface area contributed by atoms with Crippen LogP contribution in [0.1, 0.15) is 31.1 Å². The van der Waals surface area contributed by atoms with E-state index >= 15 is 0 Å². The Morgan fingerprint density at radius 1 is 0.756 bits per heavy atom. The van der Waals surface area contributed by atoms with Gasteiger partial charge in [0.15, 0.2) is 12.2 Å². The summed E-state index contributed by atoms with van der Waals surface area (Å²) in [7, 11) is -1.77. The molecule has 1 heterocycles. The third-order valence-corrected chi connectivity index (χ3v) is 8.28. The molecule has 41 heavy (non-hydrogen) atoms. The molecule has 1 saturated heterocycles. The van der Waals surface area contributed by atoms with Crippen molar-refractivity contribution in [2.24, 2.45) is 0 Å². The van der Waals surface area contributed by atoms with Gasteiger partial charge in [-0.2, -0.15) is 0 Å². The zero-order valence-electron chi connectivity index (χ0n) is 22.3. The molecule has 0 aromatic heterocycles. The van der Waals surface area contributed by atoms with E-state index in [2.05, 4.69) is 0 Å². The Labute approximate surface area is 236 Å². The van der Waals surface area contributed by atoms with E-state index in [1.165, 1.54) is 24.3 Å². The molecule has 1 aliphatic heterocycles. The molecule has 3 aromatic carbocycles. The number of ether oxygens (including phenoxy) is 4. The van der Waals surface area contributed by atoms with Crippen LogP contribution in [0.5, 0.6) is 0 Å². The smallest absolute Gasteiger partial charge is 0.338 e. The van der Waals surface area contributed by atoms with Crippen molar-refractivity contribution in [1.82, 2.24) is 0 Å². The largest absolute Gasteiger partial charge is 0.459 e. The van der Waals surface area contributed by atoms with Crippen molar-refractivity contribution >= 4 is 25.5 Å². The van der Waals surface area contributed by atoms with Gasteiger partial charge in [-0.1, -0.05) is 54.6 Å². The summed E-state index contributed by atoms with van der Waals surface area (Å²) < 4.78 is 45.7. The molecule has 0 spiro atoms. The Bertz CT molecular complexity index is 1380. The van der Waals surface area contributed by atoms with Crippen molar-refractivity contribution in [2.75, 3.05) is 27.0 Å². The molecule has 0 radical (unpaired) electrons. The predicted octanol–water partition coefficient (Wildman–Crippen LogP) is 3.87. The maximum atomic E-state index is 13.1. The summed E-state index contributed by atoms with van der Waals surface area (Å²) in [6.45, 7) is -0.521. The van der Waals surface area contributed by atoms with Crippen LogP contribution in [0.3, 0.4) is 0 Å². The summed E-state index contributed by atoms with van der Waals surface area (Å²) in [5.41, 5.74) is 0.535. The molecule has 4 atom stereocenters. The van der Waals surface area contributed by atoms with Crippen LogP contribution < -0.4 is 0 Å². The fraction of sp³-hybridized carbons (Fsp3) is 0.276. The van der Waals surface area contributed by atoms with E-state index in [1.807, 2.05) is 0 Å². The summed E-state index contributed by atoms with van der Waals surface area (Å²) in [6, 6.07) is 23.9. The standard InChI is InChI=1S/C29H29O11P/c1-35-41(34,36-2)19-29(33)25(39-28(32)22-16-10-5-11-17-22)24(38-27(31)21-14-8-4-9-15-21)23(40-29)18-37-26(30)20-12-6-3-7-13-20/h3-17,23-25,33H,18-19H2,1-2H3/t23-,24-,25?,29-/m1/s1. The van der Waals surface area contributed by atoms with E-state index in [0.717, 1.165) is 14.2 Å². The minimum atomic E-state index is -3.99. The first-order chi connectivity index (χ1) is 19.7. The molecule has 0 aliphatic carbocycles. The molecule has 4 rings (SSSR count). The van der Waals surface area contributed by atoms with E-state index in [1.54, 1.807) is 66.7 Å². The van der Waals surface area contributed by atoms with E-state index in [-0.39, 0.29) is 16.7 Å². The van der Waals surface area contributed by atoms with E-state index < -0.39 is 62.4 Å². The Kier molecular flexibility index (Phi) is 9.69. The van der Waals surface area contributed by atoms with Gasteiger partial charge in [0, 0.05) is 14.2 Å². The zero-order valence-corrected chi connectivity index (χ0v) is 23.2. The van der Waals surface area contributed by atoms with E-state index in [0.29, 0.717) is 0 Å². The van der Waals surface area contributed by atoms with Crippen LogP contribution >= 0.6 is 7.60 Å². The van der Waals surface area contributed by atoms with Crippen LogP contribution in [-0.4, -0.2) is 74.1 Å². The minimum absolute atomic E-state index is 0.128. The molecule has 216 valence electrons. The van der Waals surface area contributed by atoms with Crippen molar-refractivity contribution in [3.63, 3.8) is 0 Å². The summed E-state index contributed by atoms with van der Waals surface area (Å²) >= 11 is 0. The molecule has 1 N–H and O–H groups in total. The number of rotatable bonds is 11. The lowest BCUT2D eigenvalue weighted by Crippen LogP contribution is -2.50. The number of carbonyl (C=O) groups is 3. The first-order valence-electron chi connectivity index (χ1n) is 12.5. The van der Waals surface area contributed by atoms with Gasteiger partial charge in [0.1, 0.15) is 18.9 Å². The van der Waals surface area contributed by atoms with Gasteiger partial charge in [0.2, 0.25) is 5.79 Å². The molecule has 1 fully saturated rings. The Balaban J connectivity index is 1.69. The predicted molar refractivity (Wildman–Crippen MR) is 144 cm³/mol. The Hall–Kier alpha value is -3.86. The van der Waals surface area contributed by atoms with Gasteiger partial charge < -0.3 is 33.1 Å². The lowest BCUT2D eigenvalue weighted by molar-refractivity contribution is -0.216. The van der Waals surface area contributed by atoms with Gasteiger partial charge in [0.25, 0.3) is 0 Å². The number of esters is 3.